The number of hydrogen-bond donors (Lipinski definition) is 0. The molecule has 94 valence electrons. The van der Waals surface area contributed by atoms with Crippen molar-refractivity contribution in [3.05, 3.63) is 27.7 Å². The molecule has 1 aromatic heterocycles. The van der Waals surface area contributed by atoms with Crippen molar-refractivity contribution < 1.29 is 22.7 Å². The highest BCUT2D eigenvalue weighted by molar-refractivity contribution is 9.10. The third-order valence-corrected chi connectivity index (χ3v) is 2.65. The Morgan fingerprint density at radius 2 is 2.24 bits per heavy atom. The number of nitrogens with zero attached hydrogens (tertiary/aromatic N) is 1. The Balaban J connectivity index is 3.12. The summed E-state index contributed by atoms with van der Waals surface area (Å²) in [5.74, 6) is -1.84. The number of rotatable bonds is 4. The van der Waals surface area contributed by atoms with Gasteiger partial charge in [-0.2, -0.15) is 0 Å². The molecule has 0 aliphatic carbocycles. The zero-order valence-electron chi connectivity index (χ0n) is 8.84. The standard InChI is InChI=1S/C10H9BrF3NO2/c1-2-17-7(16)3-5-8(10(13)14)6(12)4-15-9(5)11/h4,10H,2-3H2,1H3. The highest BCUT2D eigenvalue weighted by Crippen LogP contribution is 2.30. The first-order valence-electron chi connectivity index (χ1n) is 4.73. The van der Waals surface area contributed by atoms with Crippen LogP contribution in [-0.2, 0) is 16.0 Å². The predicted molar refractivity (Wildman–Crippen MR) is 57.2 cm³/mol. The smallest absolute Gasteiger partial charge is 0.310 e. The summed E-state index contributed by atoms with van der Waals surface area (Å²) in [6, 6.07) is 0. The molecule has 0 saturated carbocycles. The number of alkyl halides is 2. The van der Waals surface area contributed by atoms with Crippen LogP contribution in [0.1, 0.15) is 24.5 Å². The van der Waals surface area contributed by atoms with E-state index in [-0.39, 0.29) is 16.8 Å². The fraction of sp³-hybridized carbons (Fsp3) is 0.400. The predicted octanol–water partition coefficient (Wildman–Crippen LogP) is 3.03. The molecule has 0 N–H and O–H groups in total. The van der Waals surface area contributed by atoms with E-state index < -0.39 is 30.2 Å². The number of ether oxygens (including phenoxy) is 1. The van der Waals surface area contributed by atoms with Gasteiger partial charge in [-0.15, -0.1) is 0 Å². The van der Waals surface area contributed by atoms with Crippen LogP contribution in [0, 0.1) is 5.82 Å². The number of aromatic nitrogens is 1. The van der Waals surface area contributed by atoms with Crippen molar-refractivity contribution in [3.8, 4) is 0 Å². The highest BCUT2D eigenvalue weighted by Gasteiger charge is 2.23. The van der Waals surface area contributed by atoms with Crippen LogP contribution in [0.25, 0.3) is 0 Å². The second-order valence-electron chi connectivity index (χ2n) is 3.07. The molecule has 3 nitrogen and oxygen atoms in total. The summed E-state index contributed by atoms with van der Waals surface area (Å²) in [6.07, 6.45) is -2.78. The fourth-order valence-electron chi connectivity index (χ4n) is 1.28. The summed E-state index contributed by atoms with van der Waals surface area (Å²) in [5.41, 5.74) is -1.00. The molecule has 17 heavy (non-hydrogen) atoms. The fourth-order valence-corrected chi connectivity index (χ4v) is 1.73. The van der Waals surface area contributed by atoms with Gasteiger partial charge in [0.25, 0.3) is 6.43 Å². The van der Waals surface area contributed by atoms with Gasteiger partial charge in [-0.3, -0.25) is 4.79 Å². The minimum absolute atomic E-state index is 0.0160. The van der Waals surface area contributed by atoms with Crippen molar-refractivity contribution in [1.82, 2.24) is 4.98 Å². The van der Waals surface area contributed by atoms with Gasteiger partial charge in [0.15, 0.2) is 5.82 Å². The first-order valence-corrected chi connectivity index (χ1v) is 5.53. The van der Waals surface area contributed by atoms with E-state index in [0.29, 0.717) is 6.20 Å². The van der Waals surface area contributed by atoms with Gasteiger partial charge in [-0.05, 0) is 22.9 Å². The monoisotopic (exact) mass is 311 g/mol. The lowest BCUT2D eigenvalue weighted by atomic mass is 10.1. The highest BCUT2D eigenvalue weighted by atomic mass is 79.9. The SMILES string of the molecule is CCOC(=O)Cc1c(Br)ncc(F)c1C(F)F. The molecule has 0 amide bonds. The van der Waals surface area contributed by atoms with Gasteiger partial charge < -0.3 is 4.74 Å². The Kier molecular flexibility index (Phi) is 4.92. The van der Waals surface area contributed by atoms with Crippen molar-refractivity contribution in [3.63, 3.8) is 0 Å². The van der Waals surface area contributed by atoms with Crippen LogP contribution in [0.15, 0.2) is 10.8 Å². The van der Waals surface area contributed by atoms with Crippen molar-refractivity contribution in [1.29, 1.82) is 0 Å². The third-order valence-electron chi connectivity index (χ3n) is 1.97. The molecule has 0 aromatic carbocycles. The second-order valence-corrected chi connectivity index (χ2v) is 3.82. The van der Waals surface area contributed by atoms with E-state index in [1.54, 1.807) is 6.92 Å². The molecular weight excluding hydrogens is 303 g/mol. The lowest BCUT2D eigenvalue weighted by Gasteiger charge is -2.10. The van der Waals surface area contributed by atoms with Gasteiger partial charge in [-0.1, -0.05) is 0 Å². The Hall–Kier alpha value is -1.11. The summed E-state index contributed by atoms with van der Waals surface area (Å²) >= 11 is 2.91. The van der Waals surface area contributed by atoms with E-state index in [0.717, 1.165) is 0 Å². The molecule has 7 heteroatoms. The average Bonchev–Trinajstić information content (AvgIpc) is 2.23. The van der Waals surface area contributed by atoms with Gasteiger partial charge >= 0.3 is 5.97 Å². The molecule has 1 rings (SSSR count). The third kappa shape index (κ3) is 3.42. The maximum Gasteiger partial charge on any atom is 0.310 e. The molecule has 0 aliphatic heterocycles. The van der Waals surface area contributed by atoms with Gasteiger partial charge in [0.05, 0.1) is 24.8 Å². The lowest BCUT2D eigenvalue weighted by Crippen LogP contribution is -2.12. The van der Waals surface area contributed by atoms with E-state index in [2.05, 4.69) is 25.7 Å². The first kappa shape index (κ1) is 14.0. The van der Waals surface area contributed by atoms with E-state index in [9.17, 15) is 18.0 Å². The number of hydrogen-bond acceptors (Lipinski definition) is 3. The number of carbonyl (C=O) groups is 1. The molecule has 0 unspecified atom stereocenters. The van der Waals surface area contributed by atoms with E-state index in [1.807, 2.05) is 0 Å². The summed E-state index contributed by atoms with van der Waals surface area (Å²) in [6.45, 7) is 1.72. The van der Waals surface area contributed by atoms with Gasteiger partial charge in [0, 0.05) is 5.56 Å². The van der Waals surface area contributed by atoms with Crippen molar-refractivity contribution in [2.24, 2.45) is 0 Å². The Morgan fingerprint density at radius 3 is 2.76 bits per heavy atom. The topological polar surface area (TPSA) is 39.2 Å². The molecule has 0 saturated heterocycles. The minimum Gasteiger partial charge on any atom is -0.466 e. The van der Waals surface area contributed by atoms with Crippen molar-refractivity contribution in [2.75, 3.05) is 6.61 Å². The van der Waals surface area contributed by atoms with Crippen LogP contribution in [0.2, 0.25) is 0 Å². The van der Waals surface area contributed by atoms with E-state index in [4.69, 9.17) is 0 Å². The Morgan fingerprint density at radius 1 is 1.59 bits per heavy atom. The molecule has 0 fully saturated rings. The van der Waals surface area contributed by atoms with Crippen molar-refractivity contribution >= 4 is 21.9 Å². The van der Waals surface area contributed by atoms with Gasteiger partial charge in [-0.25, -0.2) is 18.2 Å². The zero-order chi connectivity index (χ0) is 13.0. The molecule has 0 radical (unpaired) electrons. The molecule has 0 bridgehead atoms. The lowest BCUT2D eigenvalue weighted by molar-refractivity contribution is -0.142. The molecule has 1 heterocycles. The number of esters is 1. The summed E-state index contributed by atoms with van der Waals surface area (Å²) in [4.78, 5) is 14.7. The summed E-state index contributed by atoms with van der Waals surface area (Å²) in [7, 11) is 0. The average molecular weight is 312 g/mol. The first-order chi connectivity index (χ1) is 7.97. The second kappa shape index (κ2) is 6.00. The van der Waals surface area contributed by atoms with Crippen LogP contribution in [-0.4, -0.2) is 17.6 Å². The van der Waals surface area contributed by atoms with Crippen LogP contribution >= 0.6 is 15.9 Å². The van der Waals surface area contributed by atoms with Gasteiger partial charge in [0.2, 0.25) is 0 Å². The molecule has 0 atom stereocenters. The summed E-state index contributed by atoms with van der Waals surface area (Å²) < 4.78 is 43.2. The zero-order valence-corrected chi connectivity index (χ0v) is 10.4. The largest absolute Gasteiger partial charge is 0.466 e. The van der Waals surface area contributed by atoms with Crippen molar-refractivity contribution in [2.45, 2.75) is 19.8 Å². The van der Waals surface area contributed by atoms with Crippen LogP contribution in [0.4, 0.5) is 13.2 Å². The van der Waals surface area contributed by atoms with Gasteiger partial charge in [0.1, 0.15) is 4.60 Å². The van der Waals surface area contributed by atoms with Crippen LogP contribution in [0.5, 0.6) is 0 Å². The van der Waals surface area contributed by atoms with E-state index >= 15 is 0 Å². The molecule has 0 aliphatic rings. The normalized spacial score (nSPS) is 10.7. The Labute approximate surface area is 104 Å². The van der Waals surface area contributed by atoms with Crippen LogP contribution in [0.3, 0.4) is 0 Å². The summed E-state index contributed by atoms with van der Waals surface area (Å²) in [5, 5.41) is 0. The maximum absolute atomic E-state index is 13.2. The number of pyridine rings is 1. The van der Waals surface area contributed by atoms with E-state index in [1.165, 1.54) is 0 Å². The number of halogens is 4. The molecular formula is C10H9BrF3NO2. The minimum atomic E-state index is -3.02. The maximum atomic E-state index is 13.2. The Bertz CT molecular complexity index is 426. The molecule has 0 spiro atoms. The van der Waals surface area contributed by atoms with Crippen LogP contribution < -0.4 is 0 Å². The quantitative estimate of drug-likeness (QED) is 0.634. The molecule has 1 aromatic rings. The number of carbonyl (C=O) groups excluding carboxylic acids is 1.